The van der Waals surface area contributed by atoms with Crippen molar-refractivity contribution in [3.8, 4) is 11.3 Å². The molecule has 0 spiro atoms. The fourth-order valence-electron chi connectivity index (χ4n) is 3.15. The first-order valence-electron chi connectivity index (χ1n) is 9.03. The summed E-state index contributed by atoms with van der Waals surface area (Å²) in [6.45, 7) is 0. The number of nitrogens with zero attached hydrogens (tertiary/aromatic N) is 4. The highest BCUT2D eigenvalue weighted by Gasteiger charge is 2.10. The maximum Gasteiger partial charge on any atom is 0.244 e. The van der Waals surface area contributed by atoms with E-state index in [1.165, 1.54) is 0 Å². The predicted molar refractivity (Wildman–Crippen MR) is 120 cm³/mol. The summed E-state index contributed by atoms with van der Waals surface area (Å²) in [5.41, 5.74) is 7.49. The molecule has 140 valence electrons. The second-order valence-electron chi connectivity index (χ2n) is 6.43. The summed E-state index contributed by atoms with van der Waals surface area (Å²) in [5.74, 6) is 1.08. The largest absolute Gasteiger partial charge is 0.337 e. The number of halogens is 1. The number of benzene rings is 3. The van der Waals surface area contributed by atoms with E-state index in [4.69, 9.17) is 4.98 Å². The number of hydrogen-bond donors (Lipinski definition) is 2. The highest BCUT2D eigenvalue weighted by atomic mass is 79.9. The predicted octanol–water partition coefficient (Wildman–Crippen LogP) is 5.38. The van der Waals surface area contributed by atoms with E-state index in [2.05, 4.69) is 41.4 Å². The molecule has 0 fully saturated rings. The Balaban J connectivity index is 1.50. The minimum absolute atomic E-state index is 0.422. The van der Waals surface area contributed by atoms with Crippen LogP contribution in [0.15, 0.2) is 82.4 Å². The lowest BCUT2D eigenvalue weighted by atomic mass is 10.1. The number of hydrazone groups is 1. The highest BCUT2D eigenvalue weighted by Crippen LogP contribution is 2.29. The molecule has 2 N–H and O–H groups in total. The van der Waals surface area contributed by atoms with Gasteiger partial charge in [0.25, 0.3) is 0 Å². The van der Waals surface area contributed by atoms with Crippen molar-refractivity contribution in [1.82, 2.24) is 19.9 Å². The minimum Gasteiger partial charge on any atom is -0.337 e. The molecule has 5 aromatic rings. The summed E-state index contributed by atoms with van der Waals surface area (Å²) in [6, 6.07) is 23.8. The van der Waals surface area contributed by atoms with Gasteiger partial charge in [0.15, 0.2) is 5.82 Å². The van der Waals surface area contributed by atoms with Gasteiger partial charge in [-0.05, 0) is 30.3 Å². The summed E-state index contributed by atoms with van der Waals surface area (Å²) in [5, 5.41) is 5.23. The fourth-order valence-corrected chi connectivity index (χ4v) is 3.51. The maximum atomic E-state index is 4.70. The van der Waals surface area contributed by atoms with Crippen molar-refractivity contribution in [2.75, 3.05) is 5.43 Å². The van der Waals surface area contributed by atoms with E-state index in [0.29, 0.717) is 11.8 Å². The lowest BCUT2D eigenvalue weighted by molar-refractivity contribution is 1.15. The standard InChI is InChI=1S/C22H15BrN6/c23-15-10-11-17-16(12-15)21(14-6-2-1-3-7-14)28-22(27-17)29-24-13-20-25-18-8-4-5-9-19(18)26-20/h1-13H,(H,25,26)(H,27,28,29)/b24-13-. The number of aromatic amines is 1. The molecule has 3 aromatic carbocycles. The molecular formula is C22H15BrN6. The third kappa shape index (κ3) is 3.60. The lowest BCUT2D eigenvalue weighted by Crippen LogP contribution is -2.00. The molecule has 0 amide bonds. The molecule has 0 aliphatic carbocycles. The summed E-state index contributed by atoms with van der Waals surface area (Å²) < 4.78 is 0.981. The molecule has 0 radical (unpaired) electrons. The van der Waals surface area contributed by atoms with Gasteiger partial charge >= 0.3 is 0 Å². The molecule has 2 heterocycles. The Bertz CT molecular complexity index is 1310. The second kappa shape index (κ2) is 7.44. The van der Waals surface area contributed by atoms with E-state index in [1.807, 2.05) is 72.8 Å². The van der Waals surface area contributed by atoms with Crippen molar-refractivity contribution >= 4 is 50.0 Å². The fraction of sp³-hybridized carbons (Fsp3) is 0. The molecular weight excluding hydrogens is 428 g/mol. The molecule has 5 rings (SSSR count). The summed E-state index contributed by atoms with van der Waals surface area (Å²) in [6.07, 6.45) is 1.62. The molecule has 0 saturated heterocycles. The maximum absolute atomic E-state index is 4.70. The number of H-pyrrole nitrogens is 1. The number of nitrogens with one attached hydrogen (secondary N) is 2. The van der Waals surface area contributed by atoms with Crippen LogP contribution in [0, 0.1) is 0 Å². The van der Waals surface area contributed by atoms with Crippen LogP contribution in [-0.2, 0) is 0 Å². The van der Waals surface area contributed by atoms with Crippen LogP contribution in [0.3, 0.4) is 0 Å². The molecule has 0 bridgehead atoms. The third-order valence-corrected chi connectivity index (χ3v) is 4.96. The Kier molecular flexibility index (Phi) is 4.50. The molecule has 7 heteroatoms. The average molecular weight is 443 g/mol. The number of imidazole rings is 1. The average Bonchev–Trinajstić information content (AvgIpc) is 3.17. The van der Waals surface area contributed by atoms with Crippen molar-refractivity contribution in [2.45, 2.75) is 0 Å². The van der Waals surface area contributed by atoms with Crippen LogP contribution in [0.5, 0.6) is 0 Å². The van der Waals surface area contributed by atoms with Gasteiger partial charge in [-0.15, -0.1) is 0 Å². The van der Waals surface area contributed by atoms with E-state index < -0.39 is 0 Å². The first kappa shape index (κ1) is 17.5. The van der Waals surface area contributed by atoms with Crippen LogP contribution in [0.2, 0.25) is 0 Å². The SMILES string of the molecule is Brc1ccc2nc(N/N=C\c3nc4ccccc4[nH]3)nc(-c3ccccc3)c2c1. The van der Waals surface area contributed by atoms with E-state index in [-0.39, 0.29) is 0 Å². The Morgan fingerprint density at radius 3 is 2.55 bits per heavy atom. The quantitative estimate of drug-likeness (QED) is 0.289. The molecule has 2 aromatic heterocycles. The molecule has 0 unspecified atom stereocenters. The van der Waals surface area contributed by atoms with E-state index in [1.54, 1.807) is 6.21 Å². The van der Waals surface area contributed by atoms with Gasteiger partial charge in [-0.1, -0.05) is 58.4 Å². The number of para-hydroxylation sites is 2. The second-order valence-corrected chi connectivity index (χ2v) is 7.35. The first-order chi connectivity index (χ1) is 14.3. The highest BCUT2D eigenvalue weighted by molar-refractivity contribution is 9.10. The van der Waals surface area contributed by atoms with E-state index in [0.717, 1.165) is 37.7 Å². The van der Waals surface area contributed by atoms with E-state index >= 15 is 0 Å². The molecule has 0 aliphatic heterocycles. The van der Waals surface area contributed by atoms with Crippen LogP contribution in [0.1, 0.15) is 5.82 Å². The number of rotatable bonds is 4. The van der Waals surface area contributed by atoms with Gasteiger partial charge in [0.2, 0.25) is 5.95 Å². The van der Waals surface area contributed by atoms with Gasteiger partial charge in [0.05, 0.1) is 28.5 Å². The number of hydrogen-bond acceptors (Lipinski definition) is 5. The smallest absolute Gasteiger partial charge is 0.244 e. The monoisotopic (exact) mass is 442 g/mol. The molecule has 0 atom stereocenters. The van der Waals surface area contributed by atoms with Crippen LogP contribution in [0.25, 0.3) is 33.2 Å². The van der Waals surface area contributed by atoms with Crippen molar-refractivity contribution in [1.29, 1.82) is 0 Å². The molecule has 0 saturated carbocycles. The summed E-state index contributed by atoms with van der Waals surface area (Å²) in [4.78, 5) is 17.0. The number of anilines is 1. The van der Waals surface area contributed by atoms with Gasteiger partial charge in [0.1, 0.15) is 0 Å². The van der Waals surface area contributed by atoms with Crippen molar-refractivity contribution in [2.24, 2.45) is 5.10 Å². The zero-order valence-corrected chi connectivity index (χ0v) is 16.8. The summed E-state index contributed by atoms with van der Waals surface area (Å²) in [7, 11) is 0. The normalized spacial score (nSPS) is 11.5. The number of aromatic nitrogens is 4. The van der Waals surface area contributed by atoms with Gasteiger partial charge in [-0.2, -0.15) is 5.10 Å². The Morgan fingerprint density at radius 1 is 0.862 bits per heavy atom. The van der Waals surface area contributed by atoms with Crippen LogP contribution < -0.4 is 5.43 Å². The van der Waals surface area contributed by atoms with Gasteiger partial charge in [0, 0.05) is 15.4 Å². The molecule has 6 nitrogen and oxygen atoms in total. The zero-order valence-electron chi connectivity index (χ0n) is 15.2. The van der Waals surface area contributed by atoms with Gasteiger partial charge in [-0.25, -0.2) is 20.4 Å². The van der Waals surface area contributed by atoms with Crippen molar-refractivity contribution < 1.29 is 0 Å². The summed E-state index contributed by atoms with van der Waals surface area (Å²) >= 11 is 3.53. The van der Waals surface area contributed by atoms with Crippen LogP contribution in [0.4, 0.5) is 5.95 Å². The van der Waals surface area contributed by atoms with Crippen LogP contribution >= 0.6 is 15.9 Å². The zero-order chi connectivity index (χ0) is 19.6. The van der Waals surface area contributed by atoms with Crippen molar-refractivity contribution in [3.05, 3.63) is 83.1 Å². The minimum atomic E-state index is 0.422. The topological polar surface area (TPSA) is 78.9 Å². The van der Waals surface area contributed by atoms with Crippen LogP contribution in [-0.4, -0.2) is 26.2 Å². The Hall–Kier alpha value is -3.58. The van der Waals surface area contributed by atoms with Gasteiger partial charge in [-0.3, -0.25) is 0 Å². The van der Waals surface area contributed by atoms with Gasteiger partial charge < -0.3 is 4.98 Å². The van der Waals surface area contributed by atoms with E-state index in [9.17, 15) is 0 Å². The van der Waals surface area contributed by atoms with Crippen molar-refractivity contribution in [3.63, 3.8) is 0 Å². The Labute approximate surface area is 174 Å². The third-order valence-electron chi connectivity index (χ3n) is 4.46. The number of fused-ring (bicyclic) bond motifs is 2. The lowest BCUT2D eigenvalue weighted by Gasteiger charge is -2.09. The molecule has 29 heavy (non-hydrogen) atoms. The Morgan fingerprint density at radius 2 is 1.69 bits per heavy atom. The first-order valence-corrected chi connectivity index (χ1v) is 9.82. The molecule has 0 aliphatic rings.